The predicted octanol–water partition coefficient (Wildman–Crippen LogP) is 4.65. The summed E-state index contributed by atoms with van der Waals surface area (Å²) in [5.74, 6) is 2.34. The van der Waals surface area contributed by atoms with Gasteiger partial charge in [0.15, 0.2) is 5.82 Å². The van der Waals surface area contributed by atoms with Crippen molar-refractivity contribution < 1.29 is 10.0 Å². The Morgan fingerprint density at radius 1 is 0.705 bits per heavy atom. The number of anilines is 2. The first-order chi connectivity index (χ1) is 21.0. The van der Waals surface area contributed by atoms with E-state index in [1.54, 1.807) is 24.5 Å². The van der Waals surface area contributed by atoms with E-state index in [2.05, 4.69) is 84.3 Å². The van der Waals surface area contributed by atoms with Gasteiger partial charge < -0.3 is 30.6 Å². The molecule has 6 aromatic rings. The minimum atomic E-state index is -1.38. The molecule has 0 atom stereocenters. The van der Waals surface area contributed by atoms with E-state index in [1.165, 1.54) is 12.4 Å². The monoisotopic (exact) mass is 614 g/mol. The lowest BCUT2D eigenvalue weighted by Gasteiger charge is -2.11. The van der Waals surface area contributed by atoms with Crippen LogP contribution < -0.4 is 16.1 Å². The molecule has 228 valence electrons. The highest BCUT2D eigenvalue weighted by molar-refractivity contribution is 6.58. The number of halogens is 1. The third-order valence-corrected chi connectivity index (χ3v) is 6.18. The highest BCUT2D eigenvalue weighted by Crippen LogP contribution is 2.26. The van der Waals surface area contributed by atoms with Crippen LogP contribution in [0, 0.1) is 13.8 Å². The Kier molecular flexibility index (Phi) is 10.8. The quantitative estimate of drug-likeness (QED) is 0.114. The van der Waals surface area contributed by atoms with Gasteiger partial charge in [-0.1, -0.05) is 0 Å². The van der Waals surface area contributed by atoms with Crippen molar-refractivity contribution in [3.05, 3.63) is 77.9 Å². The number of pyridine rings is 2. The Hall–Kier alpha value is -4.59. The molecule has 0 amide bonds. The van der Waals surface area contributed by atoms with Crippen molar-refractivity contribution in [3.63, 3.8) is 0 Å². The molecule has 0 aliphatic carbocycles. The Bertz CT molecular complexity index is 1790. The SMILES string of the molecule is Cc1cc2c(NC(C)C)nc(-c3ccncc3)nc2[nH]1.Cc1cc2c(NC(C)C)nc(Cl)nc2[nH]1.OB(O)c1ccncc1. The molecule has 0 saturated heterocycles. The fourth-order valence-corrected chi connectivity index (χ4v) is 4.36. The van der Waals surface area contributed by atoms with Crippen molar-refractivity contribution in [3.8, 4) is 11.4 Å². The number of nitrogens with one attached hydrogen (secondary N) is 4. The van der Waals surface area contributed by atoms with Gasteiger partial charge in [0.25, 0.3) is 0 Å². The van der Waals surface area contributed by atoms with Gasteiger partial charge in [-0.3, -0.25) is 9.97 Å². The minimum Gasteiger partial charge on any atom is -0.423 e. The molecule has 0 aliphatic heterocycles. The molecule has 44 heavy (non-hydrogen) atoms. The maximum Gasteiger partial charge on any atom is 0.488 e. The molecule has 6 aromatic heterocycles. The number of aryl methyl sites for hydroxylation is 2. The number of H-pyrrole nitrogens is 2. The lowest BCUT2D eigenvalue weighted by atomic mass is 9.81. The van der Waals surface area contributed by atoms with Crippen LogP contribution in [0.15, 0.2) is 61.2 Å². The highest BCUT2D eigenvalue weighted by atomic mass is 35.5. The Labute approximate surface area is 261 Å². The molecule has 0 unspecified atom stereocenters. The number of aromatic amines is 2. The van der Waals surface area contributed by atoms with E-state index in [0.717, 1.165) is 50.7 Å². The fourth-order valence-electron chi connectivity index (χ4n) is 4.19. The molecule has 6 N–H and O–H groups in total. The Morgan fingerprint density at radius 2 is 1.18 bits per heavy atom. The molecule has 0 radical (unpaired) electrons. The third kappa shape index (κ3) is 8.72. The first-order valence-electron chi connectivity index (χ1n) is 14.1. The van der Waals surface area contributed by atoms with Crippen molar-refractivity contribution >= 4 is 57.9 Å². The van der Waals surface area contributed by atoms with E-state index in [0.29, 0.717) is 23.4 Å². The summed E-state index contributed by atoms with van der Waals surface area (Å²) in [4.78, 5) is 31.7. The zero-order chi connectivity index (χ0) is 31.8. The average molecular weight is 615 g/mol. The van der Waals surface area contributed by atoms with Gasteiger partial charge >= 0.3 is 7.12 Å². The summed E-state index contributed by atoms with van der Waals surface area (Å²) in [6, 6.07) is 11.6. The van der Waals surface area contributed by atoms with Crippen molar-refractivity contribution in [1.29, 1.82) is 0 Å². The van der Waals surface area contributed by atoms with Gasteiger partial charge in [0, 0.05) is 53.8 Å². The topological polar surface area (TPSA) is 173 Å². The second-order valence-electron chi connectivity index (χ2n) is 10.7. The summed E-state index contributed by atoms with van der Waals surface area (Å²) < 4.78 is 0. The number of hydrogen-bond acceptors (Lipinski definition) is 10. The summed E-state index contributed by atoms with van der Waals surface area (Å²) in [7, 11) is -1.38. The van der Waals surface area contributed by atoms with Gasteiger partial charge in [-0.25, -0.2) is 15.0 Å². The van der Waals surface area contributed by atoms with Crippen LogP contribution in [0.3, 0.4) is 0 Å². The van der Waals surface area contributed by atoms with Crippen molar-refractivity contribution in [2.24, 2.45) is 0 Å². The number of nitrogens with zero attached hydrogens (tertiary/aromatic N) is 6. The van der Waals surface area contributed by atoms with Crippen LogP contribution in [0.1, 0.15) is 39.1 Å². The average Bonchev–Trinajstić information content (AvgIpc) is 3.55. The van der Waals surface area contributed by atoms with Crippen LogP contribution in [-0.2, 0) is 0 Å². The van der Waals surface area contributed by atoms with Gasteiger partial charge in [-0.2, -0.15) is 4.98 Å². The zero-order valence-electron chi connectivity index (χ0n) is 25.5. The molecule has 12 nitrogen and oxygen atoms in total. The van der Waals surface area contributed by atoms with Crippen LogP contribution in [0.25, 0.3) is 33.5 Å². The Morgan fingerprint density at radius 3 is 1.66 bits per heavy atom. The molecule has 6 rings (SSSR count). The van der Waals surface area contributed by atoms with Crippen LogP contribution in [0.2, 0.25) is 5.28 Å². The summed E-state index contributed by atoms with van der Waals surface area (Å²) in [5, 5.41) is 26.0. The lowest BCUT2D eigenvalue weighted by molar-refractivity contribution is 0.425. The van der Waals surface area contributed by atoms with E-state index in [4.69, 9.17) is 21.6 Å². The number of rotatable bonds is 6. The second kappa shape index (κ2) is 14.7. The molecule has 0 fully saturated rings. The van der Waals surface area contributed by atoms with Gasteiger partial charge in [0.05, 0.1) is 10.8 Å². The maximum atomic E-state index is 8.55. The molecular weight excluding hydrogens is 579 g/mol. The second-order valence-corrected chi connectivity index (χ2v) is 11.0. The zero-order valence-corrected chi connectivity index (χ0v) is 26.2. The largest absolute Gasteiger partial charge is 0.488 e. The van der Waals surface area contributed by atoms with Crippen LogP contribution in [0.4, 0.5) is 11.6 Å². The number of hydrogen-bond donors (Lipinski definition) is 6. The van der Waals surface area contributed by atoms with E-state index in [1.807, 2.05) is 32.0 Å². The summed E-state index contributed by atoms with van der Waals surface area (Å²) in [6.07, 6.45) is 6.51. The molecule has 0 spiro atoms. The van der Waals surface area contributed by atoms with Gasteiger partial charge in [-0.15, -0.1) is 0 Å². The molecular formula is C30H36BClN10O2. The molecule has 14 heteroatoms. The van der Waals surface area contributed by atoms with Crippen LogP contribution >= 0.6 is 11.6 Å². The molecule has 6 heterocycles. The maximum absolute atomic E-state index is 8.55. The number of aromatic nitrogens is 8. The molecule has 0 saturated carbocycles. The summed E-state index contributed by atoms with van der Waals surface area (Å²) >= 11 is 5.83. The summed E-state index contributed by atoms with van der Waals surface area (Å²) in [6.45, 7) is 12.3. The van der Waals surface area contributed by atoms with E-state index < -0.39 is 7.12 Å². The first kappa shape index (κ1) is 32.3. The molecule has 0 aromatic carbocycles. The van der Waals surface area contributed by atoms with Crippen LogP contribution in [-0.4, -0.2) is 69.1 Å². The highest BCUT2D eigenvalue weighted by Gasteiger charge is 2.13. The molecule has 0 aliphatic rings. The van der Waals surface area contributed by atoms with Gasteiger partial charge in [-0.05, 0) is 95.0 Å². The van der Waals surface area contributed by atoms with Crippen molar-refractivity contribution in [2.45, 2.75) is 53.6 Å². The van der Waals surface area contributed by atoms with Gasteiger partial charge in [0.2, 0.25) is 5.28 Å². The van der Waals surface area contributed by atoms with E-state index in [-0.39, 0.29) is 5.28 Å². The van der Waals surface area contributed by atoms with Crippen molar-refractivity contribution in [1.82, 2.24) is 39.9 Å². The standard InChI is InChI=1S/C15H17N5.C10H13ClN4.C5H6BNO2/c1-9(2)17-14-12-8-10(3)18-15(12)20-13(19-14)11-4-6-16-7-5-11;1-5(2)12-8-7-4-6(3)13-9(7)15-10(11)14-8;8-6(9)5-1-3-7-4-2-5/h4-9H,1-3H3,(H2,17,18,19,20);4-5H,1-3H3,(H2,12,13,14,15);1-4,8-9H. The fraction of sp³-hybridized carbons (Fsp3) is 0.267. The number of fused-ring (bicyclic) bond motifs is 2. The third-order valence-electron chi connectivity index (χ3n) is 6.01. The Balaban J connectivity index is 0.000000162. The van der Waals surface area contributed by atoms with Crippen molar-refractivity contribution in [2.75, 3.05) is 10.6 Å². The normalized spacial score (nSPS) is 10.8. The minimum absolute atomic E-state index is 0.257. The lowest BCUT2D eigenvalue weighted by Crippen LogP contribution is -2.29. The smallest absolute Gasteiger partial charge is 0.423 e. The first-order valence-corrected chi connectivity index (χ1v) is 14.5. The summed E-state index contributed by atoms with van der Waals surface area (Å²) in [5.41, 5.74) is 5.18. The predicted molar refractivity (Wildman–Crippen MR) is 177 cm³/mol. The van der Waals surface area contributed by atoms with E-state index >= 15 is 0 Å². The van der Waals surface area contributed by atoms with Gasteiger partial charge in [0.1, 0.15) is 22.9 Å². The molecule has 0 bridgehead atoms. The van der Waals surface area contributed by atoms with E-state index in [9.17, 15) is 0 Å². The van der Waals surface area contributed by atoms with Crippen LogP contribution in [0.5, 0.6) is 0 Å².